The van der Waals surface area contributed by atoms with Crippen molar-refractivity contribution in [3.05, 3.63) is 62.5 Å². The number of amidine groups is 1. The Labute approximate surface area is 164 Å². The number of ether oxygens (including phenoxy) is 2. The van der Waals surface area contributed by atoms with Gasteiger partial charge in [0.15, 0.2) is 16.7 Å². The van der Waals surface area contributed by atoms with Crippen LogP contribution in [-0.2, 0) is 11.4 Å². The molecule has 26 heavy (non-hydrogen) atoms. The third kappa shape index (κ3) is 4.15. The molecule has 0 spiro atoms. The van der Waals surface area contributed by atoms with E-state index >= 15 is 0 Å². The smallest absolute Gasteiger partial charge is 0.264 e. The van der Waals surface area contributed by atoms with Crippen LogP contribution in [0.2, 0.25) is 10.0 Å². The Kier molecular flexibility index (Phi) is 5.76. The Morgan fingerprint density at radius 3 is 2.54 bits per heavy atom. The number of nitrogens with one attached hydrogen (secondary N) is 2. The molecule has 0 aromatic heterocycles. The fourth-order valence-electron chi connectivity index (χ4n) is 2.31. The topological polar surface area (TPSA) is 71.4 Å². The predicted molar refractivity (Wildman–Crippen MR) is 105 cm³/mol. The minimum Gasteiger partial charge on any atom is -0.493 e. The number of rotatable bonds is 5. The van der Waals surface area contributed by atoms with E-state index in [-0.39, 0.29) is 17.7 Å². The summed E-state index contributed by atoms with van der Waals surface area (Å²) in [6.07, 6.45) is 1.69. The van der Waals surface area contributed by atoms with Gasteiger partial charge in [-0.2, -0.15) is 0 Å². The van der Waals surface area contributed by atoms with Crippen molar-refractivity contribution < 1.29 is 14.3 Å². The van der Waals surface area contributed by atoms with Gasteiger partial charge in [-0.1, -0.05) is 35.3 Å². The van der Waals surface area contributed by atoms with Gasteiger partial charge in [0, 0.05) is 15.6 Å². The summed E-state index contributed by atoms with van der Waals surface area (Å²) in [6, 6.07) is 10.6. The number of halogens is 2. The quantitative estimate of drug-likeness (QED) is 0.701. The van der Waals surface area contributed by atoms with Crippen LogP contribution in [-0.4, -0.2) is 18.2 Å². The van der Waals surface area contributed by atoms with Crippen LogP contribution in [0, 0.1) is 5.41 Å². The van der Waals surface area contributed by atoms with Crippen molar-refractivity contribution in [3.63, 3.8) is 0 Å². The van der Waals surface area contributed by atoms with Crippen LogP contribution in [0.25, 0.3) is 6.08 Å². The SMILES string of the molecule is COc1ccc(C=C2SC(=N)NC2=O)cc1OCc1c(Cl)cccc1Cl. The van der Waals surface area contributed by atoms with Gasteiger partial charge in [-0.3, -0.25) is 10.2 Å². The summed E-state index contributed by atoms with van der Waals surface area (Å²) in [5.74, 6) is 0.754. The fourth-order valence-corrected chi connectivity index (χ4v) is 3.52. The summed E-state index contributed by atoms with van der Waals surface area (Å²) in [6.45, 7) is 0.175. The van der Waals surface area contributed by atoms with Gasteiger partial charge in [0.2, 0.25) is 0 Å². The highest BCUT2D eigenvalue weighted by Gasteiger charge is 2.22. The second kappa shape index (κ2) is 8.03. The van der Waals surface area contributed by atoms with E-state index in [2.05, 4.69) is 5.32 Å². The lowest BCUT2D eigenvalue weighted by atomic mass is 10.2. The molecule has 1 aliphatic rings. The molecule has 0 bridgehead atoms. The minimum absolute atomic E-state index is 0.111. The molecule has 8 heteroatoms. The third-order valence-corrected chi connectivity index (χ3v) is 5.12. The highest BCUT2D eigenvalue weighted by molar-refractivity contribution is 8.18. The predicted octanol–water partition coefficient (Wildman–Crippen LogP) is 4.72. The number of hydrogen-bond acceptors (Lipinski definition) is 5. The molecule has 1 fully saturated rings. The van der Waals surface area contributed by atoms with Crippen molar-refractivity contribution in [2.45, 2.75) is 6.61 Å². The number of thioether (sulfide) groups is 1. The minimum atomic E-state index is -0.291. The van der Waals surface area contributed by atoms with Gasteiger partial charge < -0.3 is 14.8 Å². The molecule has 0 aliphatic carbocycles. The summed E-state index contributed by atoms with van der Waals surface area (Å²) in [7, 11) is 1.55. The molecular weight excluding hydrogens is 395 g/mol. The molecule has 0 unspecified atom stereocenters. The third-order valence-electron chi connectivity index (χ3n) is 3.58. The largest absolute Gasteiger partial charge is 0.493 e. The maximum atomic E-state index is 11.8. The van der Waals surface area contributed by atoms with E-state index in [4.69, 9.17) is 38.1 Å². The first-order valence-corrected chi connectivity index (χ1v) is 9.08. The Morgan fingerprint density at radius 2 is 1.92 bits per heavy atom. The highest BCUT2D eigenvalue weighted by Crippen LogP contribution is 2.33. The molecule has 1 amide bonds. The van der Waals surface area contributed by atoms with E-state index in [9.17, 15) is 4.79 Å². The van der Waals surface area contributed by atoms with Gasteiger partial charge in [-0.05, 0) is 47.7 Å². The molecule has 0 atom stereocenters. The molecule has 5 nitrogen and oxygen atoms in total. The normalized spacial score (nSPS) is 15.3. The van der Waals surface area contributed by atoms with Crippen LogP contribution < -0.4 is 14.8 Å². The number of methoxy groups -OCH3 is 1. The van der Waals surface area contributed by atoms with Crippen LogP contribution >= 0.6 is 35.0 Å². The van der Waals surface area contributed by atoms with Crippen LogP contribution in [0.5, 0.6) is 11.5 Å². The monoisotopic (exact) mass is 408 g/mol. The molecule has 2 N–H and O–H groups in total. The van der Waals surface area contributed by atoms with E-state index in [1.54, 1.807) is 49.6 Å². The Balaban J connectivity index is 1.85. The number of benzene rings is 2. The summed E-state index contributed by atoms with van der Waals surface area (Å²) < 4.78 is 11.2. The molecule has 0 saturated carbocycles. The molecule has 1 heterocycles. The summed E-state index contributed by atoms with van der Waals surface area (Å²) in [5.41, 5.74) is 1.43. The molecule has 2 aromatic rings. The van der Waals surface area contributed by atoms with Crippen LogP contribution in [0.15, 0.2) is 41.3 Å². The van der Waals surface area contributed by atoms with Gasteiger partial charge in [-0.25, -0.2) is 0 Å². The zero-order chi connectivity index (χ0) is 18.7. The zero-order valence-electron chi connectivity index (χ0n) is 13.6. The molecule has 0 radical (unpaired) electrons. The average molecular weight is 409 g/mol. The van der Waals surface area contributed by atoms with E-state index < -0.39 is 0 Å². The standard InChI is InChI=1S/C18H14Cl2N2O3S/c1-24-14-6-5-10(8-16-17(23)22-18(21)26-16)7-15(14)25-9-11-12(19)3-2-4-13(11)20/h2-8H,9H2,1H3,(H2,21,22,23). The zero-order valence-corrected chi connectivity index (χ0v) is 16.0. The first kappa shape index (κ1) is 18.6. The summed E-state index contributed by atoms with van der Waals surface area (Å²) in [5, 5.41) is 11.1. The Morgan fingerprint density at radius 1 is 1.19 bits per heavy atom. The van der Waals surface area contributed by atoms with Crippen molar-refractivity contribution in [3.8, 4) is 11.5 Å². The maximum Gasteiger partial charge on any atom is 0.264 e. The lowest BCUT2D eigenvalue weighted by Gasteiger charge is -2.13. The van der Waals surface area contributed by atoms with Gasteiger partial charge in [0.1, 0.15) is 6.61 Å². The van der Waals surface area contributed by atoms with E-state index in [1.165, 1.54) is 0 Å². The van der Waals surface area contributed by atoms with E-state index in [1.807, 2.05) is 0 Å². The fraction of sp³-hybridized carbons (Fsp3) is 0.111. The molecule has 134 valence electrons. The summed E-state index contributed by atoms with van der Waals surface area (Å²) >= 11 is 13.4. The lowest BCUT2D eigenvalue weighted by Crippen LogP contribution is -2.18. The van der Waals surface area contributed by atoms with Crippen LogP contribution in [0.3, 0.4) is 0 Å². The first-order chi connectivity index (χ1) is 12.5. The van der Waals surface area contributed by atoms with Gasteiger partial charge in [-0.15, -0.1) is 0 Å². The second-order valence-corrected chi connectivity index (χ2v) is 7.16. The summed E-state index contributed by atoms with van der Waals surface area (Å²) in [4.78, 5) is 12.2. The molecule has 1 aliphatic heterocycles. The average Bonchev–Trinajstić information content (AvgIpc) is 2.92. The first-order valence-electron chi connectivity index (χ1n) is 7.51. The maximum absolute atomic E-state index is 11.8. The second-order valence-electron chi connectivity index (χ2n) is 5.29. The number of carbonyl (C=O) groups excluding carboxylic acids is 1. The van der Waals surface area contributed by atoms with Crippen molar-refractivity contribution >= 4 is 52.1 Å². The molecular formula is C18H14Cl2N2O3S. The van der Waals surface area contributed by atoms with Crippen LogP contribution in [0.1, 0.15) is 11.1 Å². The lowest BCUT2D eigenvalue weighted by molar-refractivity contribution is -0.115. The van der Waals surface area contributed by atoms with Crippen LogP contribution in [0.4, 0.5) is 0 Å². The number of amides is 1. The molecule has 3 rings (SSSR count). The number of carbonyl (C=O) groups is 1. The van der Waals surface area contributed by atoms with Gasteiger partial charge >= 0.3 is 0 Å². The van der Waals surface area contributed by atoms with Crippen molar-refractivity contribution in [1.29, 1.82) is 5.41 Å². The van der Waals surface area contributed by atoms with Crippen molar-refractivity contribution in [1.82, 2.24) is 5.32 Å². The molecule has 1 saturated heterocycles. The van der Waals surface area contributed by atoms with E-state index in [0.717, 1.165) is 17.3 Å². The highest BCUT2D eigenvalue weighted by atomic mass is 35.5. The molecule has 2 aromatic carbocycles. The van der Waals surface area contributed by atoms with Crippen molar-refractivity contribution in [2.24, 2.45) is 0 Å². The Hall–Kier alpha value is -2.15. The van der Waals surface area contributed by atoms with E-state index in [0.29, 0.717) is 32.0 Å². The number of hydrogen-bond donors (Lipinski definition) is 2. The van der Waals surface area contributed by atoms with Crippen molar-refractivity contribution in [2.75, 3.05) is 7.11 Å². The Bertz CT molecular complexity index is 895. The van der Waals surface area contributed by atoms with Gasteiger partial charge in [0.05, 0.1) is 12.0 Å². The van der Waals surface area contributed by atoms with Gasteiger partial charge in [0.25, 0.3) is 5.91 Å².